The van der Waals surface area contributed by atoms with E-state index in [4.69, 9.17) is 21.1 Å². The standard InChI is InChI=1S/C19H15ClN4O2S/c1-25-17-7-6-12(8-18(17)26-2)16-11-27-19(22-16)15(10-21)24-23-14-5-3-4-13(20)9-14/h3-9,11,23H,1-2H3/b24-15+. The third-order valence-corrected chi connectivity index (χ3v) is 4.70. The number of benzene rings is 2. The second-order valence-corrected chi connectivity index (χ2v) is 6.60. The van der Waals surface area contributed by atoms with Gasteiger partial charge in [0.1, 0.15) is 6.07 Å². The Balaban J connectivity index is 1.85. The van der Waals surface area contributed by atoms with Crippen LogP contribution in [0.4, 0.5) is 5.69 Å². The number of nitrogens with one attached hydrogen (secondary N) is 1. The molecule has 0 spiro atoms. The molecule has 0 bridgehead atoms. The largest absolute Gasteiger partial charge is 0.493 e. The summed E-state index contributed by atoms with van der Waals surface area (Å²) in [4.78, 5) is 4.52. The van der Waals surface area contributed by atoms with Crippen LogP contribution in [-0.2, 0) is 0 Å². The van der Waals surface area contributed by atoms with E-state index < -0.39 is 0 Å². The topological polar surface area (TPSA) is 79.5 Å². The zero-order valence-corrected chi connectivity index (χ0v) is 16.1. The molecular weight excluding hydrogens is 384 g/mol. The number of hydrogen-bond donors (Lipinski definition) is 1. The van der Waals surface area contributed by atoms with E-state index in [2.05, 4.69) is 21.6 Å². The van der Waals surface area contributed by atoms with Gasteiger partial charge < -0.3 is 9.47 Å². The van der Waals surface area contributed by atoms with Crippen molar-refractivity contribution in [3.63, 3.8) is 0 Å². The van der Waals surface area contributed by atoms with Crippen LogP contribution in [0.25, 0.3) is 11.3 Å². The van der Waals surface area contributed by atoms with Crippen molar-refractivity contribution in [1.29, 1.82) is 5.26 Å². The lowest BCUT2D eigenvalue weighted by atomic mass is 10.1. The Morgan fingerprint density at radius 2 is 2.00 bits per heavy atom. The van der Waals surface area contributed by atoms with Crippen LogP contribution in [0, 0.1) is 11.3 Å². The highest BCUT2D eigenvalue weighted by Gasteiger charge is 2.12. The number of nitriles is 1. The first-order valence-corrected chi connectivity index (χ1v) is 9.08. The average molecular weight is 399 g/mol. The summed E-state index contributed by atoms with van der Waals surface area (Å²) in [5.74, 6) is 1.25. The summed E-state index contributed by atoms with van der Waals surface area (Å²) in [5.41, 5.74) is 5.28. The van der Waals surface area contributed by atoms with Crippen LogP contribution in [0.15, 0.2) is 52.9 Å². The first kappa shape index (κ1) is 18.7. The van der Waals surface area contributed by atoms with E-state index in [1.807, 2.05) is 23.6 Å². The second-order valence-electron chi connectivity index (χ2n) is 5.30. The highest BCUT2D eigenvalue weighted by atomic mass is 35.5. The molecule has 8 heteroatoms. The lowest BCUT2D eigenvalue weighted by molar-refractivity contribution is 0.355. The molecule has 1 heterocycles. The summed E-state index contributed by atoms with van der Waals surface area (Å²) in [6.45, 7) is 0. The predicted octanol–water partition coefficient (Wildman–Crippen LogP) is 4.82. The van der Waals surface area contributed by atoms with Crippen molar-refractivity contribution in [2.75, 3.05) is 19.6 Å². The van der Waals surface area contributed by atoms with Crippen molar-refractivity contribution in [3.8, 4) is 28.8 Å². The molecule has 0 fully saturated rings. The highest BCUT2D eigenvalue weighted by molar-refractivity contribution is 7.12. The SMILES string of the molecule is COc1ccc(-c2csc(/C(C#N)=N/Nc3cccc(Cl)c3)n2)cc1OC. The molecule has 3 rings (SSSR count). The Labute approximate surface area is 165 Å². The summed E-state index contributed by atoms with van der Waals surface area (Å²) in [7, 11) is 3.16. The van der Waals surface area contributed by atoms with Gasteiger partial charge in [0.2, 0.25) is 0 Å². The van der Waals surface area contributed by atoms with E-state index in [1.165, 1.54) is 11.3 Å². The lowest BCUT2D eigenvalue weighted by Gasteiger charge is -2.08. The number of aromatic nitrogens is 1. The van der Waals surface area contributed by atoms with Crippen molar-refractivity contribution in [2.24, 2.45) is 5.10 Å². The van der Waals surface area contributed by atoms with Gasteiger partial charge in [-0.2, -0.15) is 10.4 Å². The molecule has 27 heavy (non-hydrogen) atoms. The van der Waals surface area contributed by atoms with E-state index in [-0.39, 0.29) is 5.71 Å². The molecular formula is C19H15ClN4O2S. The maximum atomic E-state index is 9.43. The van der Waals surface area contributed by atoms with Gasteiger partial charge in [-0.1, -0.05) is 17.7 Å². The number of methoxy groups -OCH3 is 2. The maximum Gasteiger partial charge on any atom is 0.196 e. The van der Waals surface area contributed by atoms with Crippen LogP contribution in [0.5, 0.6) is 11.5 Å². The Hall–Kier alpha value is -3.08. The summed E-state index contributed by atoms with van der Waals surface area (Å²) >= 11 is 7.28. The van der Waals surface area contributed by atoms with Crippen molar-refractivity contribution < 1.29 is 9.47 Å². The van der Waals surface area contributed by atoms with E-state index in [0.29, 0.717) is 27.2 Å². The molecule has 2 aromatic carbocycles. The summed E-state index contributed by atoms with van der Waals surface area (Å²) in [6.07, 6.45) is 0. The Kier molecular flexibility index (Phi) is 5.91. The zero-order valence-electron chi connectivity index (χ0n) is 14.6. The lowest BCUT2D eigenvalue weighted by Crippen LogP contribution is -2.01. The fourth-order valence-corrected chi connectivity index (χ4v) is 3.27. The van der Waals surface area contributed by atoms with E-state index in [1.54, 1.807) is 38.5 Å². The quantitative estimate of drug-likeness (QED) is 0.475. The van der Waals surface area contributed by atoms with Crippen LogP contribution in [0.2, 0.25) is 5.02 Å². The Bertz CT molecular complexity index is 1030. The van der Waals surface area contributed by atoms with Crippen LogP contribution < -0.4 is 14.9 Å². The van der Waals surface area contributed by atoms with Gasteiger partial charge in [0.05, 0.1) is 25.6 Å². The van der Waals surface area contributed by atoms with Crippen molar-refractivity contribution >= 4 is 34.3 Å². The number of hydrogen-bond acceptors (Lipinski definition) is 7. The first-order chi connectivity index (χ1) is 13.1. The molecule has 0 aliphatic heterocycles. The van der Waals surface area contributed by atoms with Gasteiger partial charge in [0, 0.05) is 16.0 Å². The number of rotatable bonds is 6. The molecule has 0 amide bonds. The van der Waals surface area contributed by atoms with Crippen LogP contribution in [-0.4, -0.2) is 24.9 Å². The summed E-state index contributed by atoms with van der Waals surface area (Å²) in [5, 5.41) is 16.5. The molecule has 0 radical (unpaired) electrons. The maximum absolute atomic E-state index is 9.43. The molecule has 0 atom stereocenters. The summed E-state index contributed by atoms with van der Waals surface area (Å²) < 4.78 is 10.6. The molecule has 0 saturated heterocycles. The van der Waals surface area contributed by atoms with E-state index in [0.717, 1.165) is 11.3 Å². The van der Waals surface area contributed by atoms with Gasteiger partial charge in [-0.05, 0) is 36.4 Å². The number of ether oxygens (including phenoxy) is 2. The normalized spacial score (nSPS) is 11.0. The highest BCUT2D eigenvalue weighted by Crippen LogP contribution is 2.32. The van der Waals surface area contributed by atoms with Gasteiger partial charge in [-0.3, -0.25) is 5.43 Å². The molecule has 0 unspecified atom stereocenters. The third-order valence-electron chi connectivity index (χ3n) is 3.61. The molecule has 0 aliphatic carbocycles. The minimum absolute atomic E-state index is 0.187. The molecule has 1 N–H and O–H groups in total. The van der Waals surface area contributed by atoms with Crippen LogP contribution in [0.1, 0.15) is 5.01 Å². The molecule has 3 aromatic rings. The minimum atomic E-state index is 0.187. The predicted molar refractivity (Wildman–Crippen MR) is 108 cm³/mol. The summed E-state index contributed by atoms with van der Waals surface area (Å²) in [6, 6.07) is 14.7. The van der Waals surface area contributed by atoms with Crippen molar-refractivity contribution in [2.45, 2.75) is 0 Å². The number of anilines is 1. The van der Waals surface area contributed by atoms with Crippen molar-refractivity contribution in [3.05, 3.63) is 57.9 Å². The number of hydrazone groups is 1. The number of thiazole rings is 1. The smallest absolute Gasteiger partial charge is 0.196 e. The molecule has 136 valence electrons. The van der Waals surface area contributed by atoms with Crippen LogP contribution >= 0.6 is 22.9 Å². The third kappa shape index (κ3) is 4.37. The van der Waals surface area contributed by atoms with Crippen LogP contribution in [0.3, 0.4) is 0 Å². The van der Waals surface area contributed by atoms with Gasteiger partial charge in [-0.25, -0.2) is 4.98 Å². The van der Waals surface area contributed by atoms with E-state index in [9.17, 15) is 5.26 Å². The zero-order chi connectivity index (χ0) is 19.2. The van der Waals surface area contributed by atoms with Gasteiger partial charge in [0.25, 0.3) is 0 Å². The molecule has 6 nitrogen and oxygen atoms in total. The fraction of sp³-hybridized carbons (Fsp3) is 0.105. The average Bonchev–Trinajstić information content (AvgIpc) is 3.18. The Morgan fingerprint density at radius 3 is 2.70 bits per heavy atom. The second kappa shape index (κ2) is 8.54. The molecule has 0 aliphatic rings. The monoisotopic (exact) mass is 398 g/mol. The fourth-order valence-electron chi connectivity index (χ4n) is 2.31. The van der Waals surface area contributed by atoms with E-state index >= 15 is 0 Å². The number of nitrogens with zero attached hydrogens (tertiary/aromatic N) is 3. The first-order valence-electron chi connectivity index (χ1n) is 7.82. The van der Waals surface area contributed by atoms with Gasteiger partial charge in [0.15, 0.2) is 22.2 Å². The van der Waals surface area contributed by atoms with Gasteiger partial charge >= 0.3 is 0 Å². The van der Waals surface area contributed by atoms with Gasteiger partial charge in [-0.15, -0.1) is 11.3 Å². The Morgan fingerprint density at radius 1 is 1.19 bits per heavy atom. The molecule has 1 aromatic heterocycles. The molecule has 0 saturated carbocycles. The van der Waals surface area contributed by atoms with Crippen molar-refractivity contribution in [1.82, 2.24) is 4.98 Å². The minimum Gasteiger partial charge on any atom is -0.493 e. The number of halogens is 1.